The predicted molar refractivity (Wildman–Crippen MR) is 69.7 cm³/mol. The normalized spacial score (nSPS) is 10.1. The summed E-state index contributed by atoms with van der Waals surface area (Å²) in [7, 11) is 0. The number of carbonyl (C=O) groups is 1. The van der Waals surface area contributed by atoms with Crippen LogP contribution in [-0.2, 0) is 6.42 Å². The molecule has 0 radical (unpaired) electrons. The van der Waals surface area contributed by atoms with Gasteiger partial charge in [-0.1, -0.05) is 6.92 Å². The van der Waals surface area contributed by atoms with Crippen LogP contribution < -0.4 is 5.32 Å². The van der Waals surface area contributed by atoms with Gasteiger partial charge in [0.1, 0.15) is 5.75 Å². The molecule has 2 N–H and O–H groups in total. The standard InChI is InChI=1S/C14H14N2O2/c1-2-10-9-12(17)3-4-13(10)16-14(18)11-5-7-15-8-6-11/h3-9,17H,2H2,1H3,(H,16,18). The van der Waals surface area contributed by atoms with Crippen molar-refractivity contribution in [2.75, 3.05) is 5.32 Å². The maximum Gasteiger partial charge on any atom is 0.255 e. The molecule has 0 spiro atoms. The average Bonchev–Trinajstić information content (AvgIpc) is 2.41. The minimum absolute atomic E-state index is 0.183. The van der Waals surface area contributed by atoms with E-state index in [1.807, 2.05) is 6.92 Å². The molecule has 0 aliphatic carbocycles. The van der Waals surface area contributed by atoms with E-state index in [4.69, 9.17) is 0 Å². The van der Waals surface area contributed by atoms with E-state index in [0.717, 1.165) is 17.7 Å². The van der Waals surface area contributed by atoms with Crippen molar-refractivity contribution in [3.05, 3.63) is 53.9 Å². The molecule has 92 valence electrons. The second-order valence-corrected chi connectivity index (χ2v) is 3.89. The van der Waals surface area contributed by atoms with Crippen LogP contribution in [0.4, 0.5) is 5.69 Å². The number of anilines is 1. The lowest BCUT2D eigenvalue weighted by Gasteiger charge is -2.10. The Kier molecular flexibility index (Phi) is 3.57. The van der Waals surface area contributed by atoms with Gasteiger partial charge in [0.25, 0.3) is 5.91 Å². The van der Waals surface area contributed by atoms with Gasteiger partial charge >= 0.3 is 0 Å². The van der Waals surface area contributed by atoms with Crippen molar-refractivity contribution < 1.29 is 9.90 Å². The Morgan fingerprint density at radius 2 is 2.00 bits per heavy atom. The average molecular weight is 242 g/mol. The molecule has 0 unspecified atom stereocenters. The summed E-state index contributed by atoms with van der Waals surface area (Å²) in [4.78, 5) is 15.8. The summed E-state index contributed by atoms with van der Waals surface area (Å²) in [5.41, 5.74) is 2.18. The van der Waals surface area contributed by atoms with Crippen LogP contribution in [0.25, 0.3) is 0 Å². The van der Waals surface area contributed by atoms with Crippen molar-refractivity contribution in [3.63, 3.8) is 0 Å². The molecule has 4 heteroatoms. The van der Waals surface area contributed by atoms with E-state index in [1.54, 1.807) is 42.7 Å². The van der Waals surface area contributed by atoms with Crippen LogP contribution in [0.15, 0.2) is 42.7 Å². The first-order valence-corrected chi connectivity index (χ1v) is 5.74. The number of pyridine rings is 1. The van der Waals surface area contributed by atoms with Gasteiger partial charge < -0.3 is 10.4 Å². The number of nitrogens with zero attached hydrogens (tertiary/aromatic N) is 1. The highest BCUT2D eigenvalue weighted by Gasteiger charge is 2.08. The third-order valence-electron chi connectivity index (χ3n) is 2.66. The monoisotopic (exact) mass is 242 g/mol. The molecule has 18 heavy (non-hydrogen) atoms. The van der Waals surface area contributed by atoms with Gasteiger partial charge in [0, 0.05) is 23.6 Å². The SMILES string of the molecule is CCc1cc(O)ccc1NC(=O)c1ccncc1. The van der Waals surface area contributed by atoms with E-state index in [0.29, 0.717) is 5.56 Å². The summed E-state index contributed by atoms with van der Waals surface area (Å²) in [6, 6.07) is 8.22. The first-order valence-electron chi connectivity index (χ1n) is 5.74. The lowest BCUT2D eigenvalue weighted by Crippen LogP contribution is -2.13. The maximum atomic E-state index is 12.0. The first kappa shape index (κ1) is 12.1. The second kappa shape index (κ2) is 5.31. The van der Waals surface area contributed by atoms with Crippen LogP contribution in [0.5, 0.6) is 5.75 Å². The molecule has 1 heterocycles. The molecule has 1 aromatic carbocycles. The number of phenolic OH excluding ortho intramolecular Hbond substituents is 1. The number of amides is 1. The Hall–Kier alpha value is -2.36. The van der Waals surface area contributed by atoms with Crippen molar-refractivity contribution in [2.24, 2.45) is 0 Å². The number of hydrogen-bond acceptors (Lipinski definition) is 3. The van der Waals surface area contributed by atoms with Gasteiger partial charge in [-0.3, -0.25) is 9.78 Å². The fourth-order valence-electron chi connectivity index (χ4n) is 1.69. The summed E-state index contributed by atoms with van der Waals surface area (Å²) < 4.78 is 0. The highest BCUT2D eigenvalue weighted by molar-refractivity contribution is 6.04. The van der Waals surface area contributed by atoms with Crippen LogP contribution in [0.3, 0.4) is 0 Å². The van der Waals surface area contributed by atoms with E-state index in [-0.39, 0.29) is 11.7 Å². The number of nitrogens with one attached hydrogen (secondary N) is 1. The number of aryl methyl sites for hydroxylation is 1. The van der Waals surface area contributed by atoms with Gasteiger partial charge in [-0.2, -0.15) is 0 Å². The Labute approximate surface area is 105 Å². The third-order valence-corrected chi connectivity index (χ3v) is 2.66. The minimum Gasteiger partial charge on any atom is -0.508 e. The molecule has 0 fully saturated rings. The first-order chi connectivity index (χ1) is 8.70. The predicted octanol–water partition coefficient (Wildman–Crippen LogP) is 2.60. The summed E-state index contributed by atoms with van der Waals surface area (Å²) >= 11 is 0. The van der Waals surface area contributed by atoms with E-state index < -0.39 is 0 Å². The van der Waals surface area contributed by atoms with Crippen molar-refractivity contribution in [1.29, 1.82) is 0 Å². The Bertz CT molecular complexity index is 553. The molecule has 0 saturated carbocycles. The Balaban J connectivity index is 2.22. The number of benzene rings is 1. The molecule has 0 bridgehead atoms. The van der Waals surface area contributed by atoms with Gasteiger partial charge in [-0.25, -0.2) is 0 Å². The van der Waals surface area contributed by atoms with Crippen LogP contribution >= 0.6 is 0 Å². The van der Waals surface area contributed by atoms with E-state index in [1.165, 1.54) is 0 Å². The lowest BCUT2D eigenvalue weighted by molar-refractivity contribution is 0.102. The Morgan fingerprint density at radius 3 is 2.67 bits per heavy atom. The van der Waals surface area contributed by atoms with Crippen molar-refractivity contribution in [3.8, 4) is 5.75 Å². The second-order valence-electron chi connectivity index (χ2n) is 3.89. The van der Waals surface area contributed by atoms with Crippen molar-refractivity contribution >= 4 is 11.6 Å². The maximum absolute atomic E-state index is 12.0. The molecular formula is C14H14N2O2. The summed E-state index contributed by atoms with van der Waals surface area (Å²) in [6.45, 7) is 1.97. The molecule has 4 nitrogen and oxygen atoms in total. The number of aromatic hydroxyl groups is 1. The summed E-state index contributed by atoms with van der Waals surface area (Å²) in [6.07, 6.45) is 3.89. The minimum atomic E-state index is -0.183. The molecule has 0 aliphatic heterocycles. The van der Waals surface area contributed by atoms with Gasteiger partial charge in [0.2, 0.25) is 0 Å². The van der Waals surface area contributed by atoms with Crippen molar-refractivity contribution in [2.45, 2.75) is 13.3 Å². The Morgan fingerprint density at radius 1 is 1.28 bits per heavy atom. The fourth-order valence-corrected chi connectivity index (χ4v) is 1.69. The number of carbonyl (C=O) groups excluding carboxylic acids is 1. The van der Waals surface area contributed by atoms with E-state index >= 15 is 0 Å². The zero-order chi connectivity index (χ0) is 13.0. The number of phenols is 1. The van der Waals surface area contributed by atoms with Crippen LogP contribution in [0, 0.1) is 0 Å². The highest BCUT2D eigenvalue weighted by atomic mass is 16.3. The van der Waals surface area contributed by atoms with Gasteiger partial charge in [-0.15, -0.1) is 0 Å². The van der Waals surface area contributed by atoms with Gasteiger partial charge in [0.05, 0.1) is 0 Å². The molecular weight excluding hydrogens is 228 g/mol. The molecule has 0 aliphatic rings. The van der Waals surface area contributed by atoms with Gasteiger partial charge in [-0.05, 0) is 42.3 Å². The molecule has 0 atom stereocenters. The third kappa shape index (κ3) is 2.66. The highest BCUT2D eigenvalue weighted by Crippen LogP contribution is 2.22. The zero-order valence-electron chi connectivity index (χ0n) is 10.1. The van der Waals surface area contributed by atoms with Crippen LogP contribution in [0.1, 0.15) is 22.8 Å². The number of rotatable bonds is 3. The summed E-state index contributed by atoms with van der Waals surface area (Å²) in [5, 5.41) is 12.2. The number of hydrogen-bond donors (Lipinski definition) is 2. The largest absolute Gasteiger partial charge is 0.508 e. The zero-order valence-corrected chi connectivity index (χ0v) is 10.1. The van der Waals surface area contributed by atoms with E-state index in [2.05, 4.69) is 10.3 Å². The van der Waals surface area contributed by atoms with Crippen LogP contribution in [-0.4, -0.2) is 16.0 Å². The quantitative estimate of drug-likeness (QED) is 0.813. The molecule has 2 aromatic rings. The molecule has 2 rings (SSSR count). The van der Waals surface area contributed by atoms with Gasteiger partial charge in [0.15, 0.2) is 0 Å². The van der Waals surface area contributed by atoms with Crippen LogP contribution in [0.2, 0.25) is 0 Å². The van der Waals surface area contributed by atoms with E-state index in [9.17, 15) is 9.90 Å². The number of aromatic nitrogens is 1. The molecule has 1 amide bonds. The summed E-state index contributed by atoms with van der Waals surface area (Å²) in [5.74, 6) is 0.0200. The smallest absolute Gasteiger partial charge is 0.255 e. The molecule has 0 saturated heterocycles. The lowest BCUT2D eigenvalue weighted by atomic mass is 10.1. The molecule has 1 aromatic heterocycles. The topological polar surface area (TPSA) is 62.2 Å². The fraction of sp³-hybridized carbons (Fsp3) is 0.143. The van der Waals surface area contributed by atoms with Crippen molar-refractivity contribution in [1.82, 2.24) is 4.98 Å².